The van der Waals surface area contributed by atoms with Gasteiger partial charge in [-0.05, 0) is 43.5 Å². The van der Waals surface area contributed by atoms with Crippen LogP contribution in [0, 0.1) is 0 Å². The lowest BCUT2D eigenvalue weighted by molar-refractivity contribution is -0.0500. The number of halogens is 3. The zero-order valence-corrected chi connectivity index (χ0v) is 15.8. The molecule has 1 aromatic heterocycles. The molecule has 0 atom stereocenters. The molecule has 1 aliphatic rings. The van der Waals surface area contributed by atoms with Gasteiger partial charge in [0.1, 0.15) is 16.9 Å². The Labute approximate surface area is 163 Å². The monoisotopic (exact) mass is 427 g/mol. The molecule has 0 N–H and O–H groups in total. The summed E-state index contributed by atoms with van der Waals surface area (Å²) in [5, 5.41) is 0.440. The molecule has 3 aromatic rings. The van der Waals surface area contributed by atoms with Crippen LogP contribution in [0.3, 0.4) is 0 Å². The van der Waals surface area contributed by atoms with Crippen LogP contribution < -0.4 is 14.5 Å². The molecule has 154 valence electrons. The first-order valence-electron chi connectivity index (χ1n) is 8.92. The predicted octanol–water partition coefficient (Wildman–Crippen LogP) is 4.16. The topological polar surface area (TPSA) is 76.8 Å². The first kappa shape index (κ1) is 19.6. The van der Waals surface area contributed by atoms with Crippen molar-refractivity contribution in [3.05, 3.63) is 46.6 Å². The van der Waals surface area contributed by atoms with Crippen molar-refractivity contribution in [2.75, 3.05) is 18.0 Å². The summed E-state index contributed by atoms with van der Waals surface area (Å²) < 4.78 is 69.9. The molecule has 0 aliphatic carbocycles. The molecule has 1 saturated heterocycles. The third-order valence-electron chi connectivity index (χ3n) is 4.84. The molecule has 0 bridgehead atoms. The maximum Gasteiger partial charge on any atom is 0.534 e. The maximum absolute atomic E-state index is 12.7. The zero-order chi connectivity index (χ0) is 20.8. The van der Waals surface area contributed by atoms with Crippen molar-refractivity contribution >= 4 is 37.7 Å². The Morgan fingerprint density at radius 1 is 0.931 bits per heavy atom. The Morgan fingerprint density at radius 3 is 2.21 bits per heavy atom. The zero-order valence-electron chi connectivity index (χ0n) is 15.0. The van der Waals surface area contributed by atoms with E-state index in [1.54, 1.807) is 12.1 Å². The van der Waals surface area contributed by atoms with E-state index in [0.29, 0.717) is 5.39 Å². The van der Waals surface area contributed by atoms with Crippen LogP contribution in [0.15, 0.2) is 45.6 Å². The number of anilines is 1. The molecule has 0 saturated carbocycles. The Bertz CT molecular complexity index is 1240. The second-order valence-corrected chi connectivity index (χ2v) is 8.34. The molecule has 6 nitrogen and oxygen atoms in total. The third kappa shape index (κ3) is 3.64. The quantitative estimate of drug-likeness (QED) is 0.355. The number of fused-ring (bicyclic) bond motifs is 2. The number of piperidine rings is 1. The van der Waals surface area contributed by atoms with E-state index in [1.165, 1.54) is 6.07 Å². The summed E-state index contributed by atoms with van der Waals surface area (Å²) in [7, 11) is -5.82. The minimum atomic E-state index is -5.82. The number of benzene rings is 2. The first-order valence-corrected chi connectivity index (χ1v) is 10.3. The molecular weight excluding hydrogens is 411 g/mol. The minimum absolute atomic E-state index is 0.0619. The van der Waals surface area contributed by atoms with E-state index in [1.807, 2.05) is 6.07 Å². The van der Waals surface area contributed by atoms with Crippen LogP contribution in [-0.4, -0.2) is 27.0 Å². The van der Waals surface area contributed by atoms with Gasteiger partial charge >= 0.3 is 15.6 Å². The fraction of sp³-hybridized carbons (Fsp3) is 0.316. The van der Waals surface area contributed by atoms with Gasteiger partial charge in [0, 0.05) is 30.9 Å². The lowest BCUT2D eigenvalue weighted by Crippen LogP contribution is -2.29. The van der Waals surface area contributed by atoms with Gasteiger partial charge in [-0.15, -0.1) is 0 Å². The van der Waals surface area contributed by atoms with Crippen LogP contribution in [0.1, 0.15) is 19.3 Å². The largest absolute Gasteiger partial charge is 0.534 e. The number of rotatable bonds is 3. The van der Waals surface area contributed by atoms with E-state index in [0.717, 1.165) is 50.2 Å². The molecule has 0 unspecified atom stereocenters. The lowest BCUT2D eigenvalue weighted by Gasteiger charge is -2.28. The SMILES string of the molecule is O=c1c2ccc(OS(=O)(=O)C(F)(F)F)cc2oc2cc(N3CCCCC3)ccc12. The molecule has 2 heterocycles. The van der Waals surface area contributed by atoms with Gasteiger partial charge < -0.3 is 13.5 Å². The second-order valence-electron chi connectivity index (χ2n) is 6.80. The summed E-state index contributed by atoms with van der Waals surface area (Å²) in [6.07, 6.45) is 3.29. The Balaban J connectivity index is 1.79. The lowest BCUT2D eigenvalue weighted by atomic mass is 10.1. The first-order chi connectivity index (χ1) is 13.7. The van der Waals surface area contributed by atoms with Crippen molar-refractivity contribution in [3.63, 3.8) is 0 Å². The van der Waals surface area contributed by atoms with E-state index >= 15 is 0 Å². The number of nitrogens with zero attached hydrogens (tertiary/aromatic N) is 1. The third-order valence-corrected chi connectivity index (χ3v) is 5.82. The predicted molar refractivity (Wildman–Crippen MR) is 102 cm³/mol. The highest BCUT2D eigenvalue weighted by Crippen LogP contribution is 2.30. The molecule has 2 aromatic carbocycles. The van der Waals surface area contributed by atoms with Crippen molar-refractivity contribution in [1.82, 2.24) is 0 Å². The molecule has 10 heteroatoms. The highest BCUT2D eigenvalue weighted by atomic mass is 32.2. The van der Waals surface area contributed by atoms with Crippen LogP contribution in [0.25, 0.3) is 21.9 Å². The van der Waals surface area contributed by atoms with Gasteiger partial charge in [0.15, 0.2) is 0 Å². The van der Waals surface area contributed by atoms with Gasteiger partial charge in [0.25, 0.3) is 0 Å². The standard InChI is InChI=1S/C19H16F3NO5S/c20-19(21,22)29(25,26)28-13-5-7-15-17(11-13)27-16-10-12(4-6-14(16)18(15)24)23-8-2-1-3-9-23/h4-7,10-11H,1-3,8-9H2. The molecule has 29 heavy (non-hydrogen) atoms. The van der Waals surface area contributed by atoms with Crippen molar-refractivity contribution in [2.45, 2.75) is 24.8 Å². The summed E-state index contributed by atoms with van der Waals surface area (Å²) in [5.74, 6) is -0.593. The smallest absolute Gasteiger partial charge is 0.456 e. The minimum Gasteiger partial charge on any atom is -0.456 e. The average molecular weight is 427 g/mol. The number of hydrogen-bond donors (Lipinski definition) is 0. The molecule has 0 radical (unpaired) electrons. The van der Waals surface area contributed by atoms with E-state index in [2.05, 4.69) is 9.08 Å². The highest BCUT2D eigenvalue weighted by Gasteiger charge is 2.48. The Kier molecular flexibility index (Phi) is 4.68. The van der Waals surface area contributed by atoms with Gasteiger partial charge in [-0.1, -0.05) is 0 Å². The molecule has 0 spiro atoms. The Morgan fingerprint density at radius 2 is 1.55 bits per heavy atom. The number of hydrogen-bond acceptors (Lipinski definition) is 6. The van der Waals surface area contributed by atoms with Crippen LogP contribution in [-0.2, 0) is 10.1 Å². The average Bonchev–Trinajstić information content (AvgIpc) is 2.67. The van der Waals surface area contributed by atoms with Gasteiger partial charge in [0.05, 0.1) is 10.8 Å². The van der Waals surface area contributed by atoms with Crippen LogP contribution >= 0.6 is 0 Å². The van der Waals surface area contributed by atoms with E-state index in [4.69, 9.17) is 4.42 Å². The summed E-state index contributed by atoms with van der Waals surface area (Å²) in [6.45, 7) is 1.77. The summed E-state index contributed by atoms with van der Waals surface area (Å²) in [6, 6.07) is 8.33. The van der Waals surface area contributed by atoms with E-state index < -0.39 is 21.4 Å². The molecule has 0 amide bonds. The van der Waals surface area contributed by atoms with Gasteiger partial charge in [-0.2, -0.15) is 21.6 Å². The summed E-state index contributed by atoms with van der Waals surface area (Å²) in [5.41, 5.74) is -4.84. The van der Waals surface area contributed by atoms with Crippen molar-refractivity contribution in [3.8, 4) is 5.75 Å². The number of alkyl halides is 3. The van der Waals surface area contributed by atoms with Crippen molar-refractivity contribution < 1.29 is 30.2 Å². The molecular formula is C19H16F3NO5S. The van der Waals surface area contributed by atoms with Crippen LogP contribution in [0.4, 0.5) is 18.9 Å². The fourth-order valence-corrected chi connectivity index (χ4v) is 3.85. The van der Waals surface area contributed by atoms with Crippen molar-refractivity contribution in [1.29, 1.82) is 0 Å². The van der Waals surface area contributed by atoms with Gasteiger partial charge in [-0.3, -0.25) is 4.79 Å². The molecule has 4 rings (SSSR count). The van der Waals surface area contributed by atoms with E-state index in [9.17, 15) is 26.4 Å². The fourth-order valence-electron chi connectivity index (χ4n) is 3.40. The maximum atomic E-state index is 12.7. The Hall–Kier alpha value is -2.75. The van der Waals surface area contributed by atoms with Crippen molar-refractivity contribution in [2.24, 2.45) is 0 Å². The van der Waals surface area contributed by atoms with Crippen LogP contribution in [0.2, 0.25) is 0 Å². The van der Waals surface area contributed by atoms with Gasteiger partial charge in [-0.25, -0.2) is 0 Å². The van der Waals surface area contributed by atoms with Gasteiger partial charge in [0.2, 0.25) is 5.43 Å². The second kappa shape index (κ2) is 6.94. The normalized spacial score (nSPS) is 15.8. The molecule has 1 aliphatic heterocycles. The summed E-state index contributed by atoms with van der Waals surface area (Å²) in [4.78, 5) is 14.9. The summed E-state index contributed by atoms with van der Waals surface area (Å²) >= 11 is 0. The molecule has 1 fully saturated rings. The van der Waals surface area contributed by atoms with Crippen LogP contribution in [0.5, 0.6) is 5.75 Å². The van der Waals surface area contributed by atoms with E-state index in [-0.39, 0.29) is 22.0 Å². The highest BCUT2D eigenvalue weighted by molar-refractivity contribution is 7.88.